The molecule has 0 aromatic carbocycles. The topological polar surface area (TPSA) is 105 Å². The van der Waals surface area contributed by atoms with Crippen LogP contribution in [0.1, 0.15) is 41.6 Å². The second-order valence-corrected chi connectivity index (χ2v) is 7.82. The molecule has 8 nitrogen and oxygen atoms in total. The lowest BCUT2D eigenvalue weighted by Crippen LogP contribution is -2.52. The lowest BCUT2D eigenvalue weighted by molar-refractivity contribution is -0.141. The van der Waals surface area contributed by atoms with E-state index in [0.29, 0.717) is 36.5 Å². The van der Waals surface area contributed by atoms with Gasteiger partial charge in [0, 0.05) is 42.4 Å². The maximum atomic E-state index is 13.3. The number of carbonyl (C=O) groups is 2. The molecule has 3 heterocycles. The number of pyridine rings is 1. The summed E-state index contributed by atoms with van der Waals surface area (Å²) in [6.07, 6.45) is 4.23. The number of fused-ring (bicyclic) bond motifs is 2. The number of amides is 1. The first-order chi connectivity index (χ1) is 13.5. The first-order valence-corrected chi connectivity index (χ1v) is 9.38. The number of nitrogens with zero attached hydrogens (tertiary/aromatic N) is 6. The Bertz CT molecular complexity index is 1100. The van der Waals surface area contributed by atoms with Crippen molar-refractivity contribution in [1.82, 2.24) is 24.9 Å². The number of likely N-dealkylation sites (tertiary alicyclic amines) is 1. The summed E-state index contributed by atoms with van der Waals surface area (Å²) in [4.78, 5) is 32.4. The minimum absolute atomic E-state index is 0.0841. The predicted molar refractivity (Wildman–Crippen MR) is 98.8 cm³/mol. The van der Waals surface area contributed by atoms with Gasteiger partial charge in [-0.2, -0.15) is 5.26 Å². The Morgan fingerprint density at radius 3 is 2.86 bits per heavy atom. The van der Waals surface area contributed by atoms with E-state index in [9.17, 15) is 9.59 Å². The molecule has 140 valence electrons. The summed E-state index contributed by atoms with van der Waals surface area (Å²) in [5.74, 6) is -0.483. The normalized spacial score (nSPS) is 18.3. The second-order valence-electron chi connectivity index (χ2n) is 7.82. The van der Waals surface area contributed by atoms with Gasteiger partial charge in [-0.05, 0) is 12.0 Å². The number of hydrogen-bond acceptors (Lipinski definition) is 6. The fourth-order valence-electron chi connectivity index (χ4n) is 4.27. The van der Waals surface area contributed by atoms with E-state index in [2.05, 4.69) is 21.4 Å². The van der Waals surface area contributed by atoms with Gasteiger partial charge in [0.05, 0.1) is 17.7 Å². The van der Waals surface area contributed by atoms with E-state index >= 15 is 0 Å². The minimum atomic E-state index is -0.635. The summed E-state index contributed by atoms with van der Waals surface area (Å²) in [6, 6.07) is 3.39. The maximum absolute atomic E-state index is 13.3. The summed E-state index contributed by atoms with van der Waals surface area (Å²) in [5.41, 5.74) is 4.07. The van der Waals surface area contributed by atoms with Gasteiger partial charge >= 0.3 is 0 Å². The van der Waals surface area contributed by atoms with Gasteiger partial charge in [0.1, 0.15) is 17.4 Å². The van der Waals surface area contributed by atoms with Gasteiger partial charge < -0.3 is 4.90 Å². The van der Waals surface area contributed by atoms with E-state index in [4.69, 9.17) is 5.26 Å². The van der Waals surface area contributed by atoms with Gasteiger partial charge in [-0.15, -0.1) is 5.10 Å². The van der Waals surface area contributed by atoms with Gasteiger partial charge in [0.2, 0.25) is 11.7 Å². The van der Waals surface area contributed by atoms with Crippen molar-refractivity contribution in [3.05, 3.63) is 35.3 Å². The molecule has 1 atom stereocenters. The third-order valence-corrected chi connectivity index (χ3v) is 5.73. The summed E-state index contributed by atoms with van der Waals surface area (Å²) >= 11 is 0. The highest BCUT2D eigenvalue weighted by Crippen LogP contribution is 2.43. The molecule has 0 saturated carbocycles. The molecule has 5 rings (SSSR count). The molecule has 0 radical (unpaired) electrons. The smallest absolute Gasteiger partial charge is 0.247 e. The fraction of sp³-hybridized carbons (Fsp3) is 0.400. The number of allylic oxidation sites excluding steroid dienone is 2. The maximum Gasteiger partial charge on any atom is 0.247 e. The van der Waals surface area contributed by atoms with Crippen LogP contribution in [0.4, 0.5) is 0 Å². The fourth-order valence-corrected chi connectivity index (χ4v) is 4.27. The molecule has 1 aliphatic heterocycles. The van der Waals surface area contributed by atoms with Gasteiger partial charge in [-0.3, -0.25) is 14.6 Å². The Hall–Kier alpha value is -3.34. The van der Waals surface area contributed by atoms with E-state index in [0.717, 1.165) is 16.8 Å². The van der Waals surface area contributed by atoms with E-state index in [1.54, 1.807) is 11.1 Å². The number of Topliss-reactive ketones (excluding diaryl/α,β-unsaturated/α-hetero) is 1. The Labute approximate surface area is 161 Å². The van der Waals surface area contributed by atoms with Crippen molar-refractivity contribution < 1.29 is 9.59 Å². The predicted octanol–water partition coefficient (Wildman–Crippen LogP) is 1.65. The van der Waals surface area contributed by atoms with Gasteiger partial charge in [-0.1, -0.05) is 25.1 Å². The van der Waals surface area contributed by atoms with E-state index in [1.807, 2.05) is 26.0 Å². The molecule has 28 heavy (non-hydrogen) atoms. The van der Waals surface area contributed by atoms with Gasteiger partial charge in [0.15, 0.2) is 0 Å². The molecular formula is C20H18N6O2. The van der Waals surface area contributed by atoms with Crippen molar-refractivity contribution in [2.75, 3.05) is 13.1 Å². The third-order valence-electron chi connectivity index (χ3n) is 5.73. The average molecular weight is 374 g/mol. The summed E-state index contributed by atoms with van der Waals surface area (Å²) < 4.78 is 1.49. The lowest BCUT2D eigenvalue weighted by Gasteiger charge is -2.38. The molecule has 1 unspecified atom stereocenters. The second kappa shape index (κ2) is 5.83. The van der Waals surface area contributed by atoms with Crippen LogP contribution in [-0.2, 0) is 11.2 Å². The SMILES string of the molecule is CC(C)C(C(=O)N1CC(C#N)C1)n1nnc2c1C(=O)C1=CCc3nccc-2c31. The molecule has 0 spiro atoms. The van der Waals surface area contributed by atoms with Crippen molar-refractivity contribution in [2.24, 2.45) is 11.8 Å². The quantitative estimate of drug-likeness (QED) is 0.809. The summed E-state index contributed by atoms with van der Waals surface area (Å²) in [7, 11) is 0. The molecule has 3 aliphatic rings. The Morgan fingerprint density at radius 2 is 2.14 bits per heavy atom. The van der Waals surface area contributed by atoms with Crippen LogP contribution < -0.4 is 0 Å². The lowest BCUT2D eigenvalue weighted by atomic mass is 9.88. The van der Waals surface area contributed by atoms with Crippen molar-refractivity contribution >= 4 is 17.3 Å². The number of aromatic nitrogens is 4. The Balaban J connectivity index is 1.60. The molecule has 1 fully saturated rings. The number of hydrogen-bond donors (Lipinski definition) is 0. The number of ketones is 1. The molecule has 1 amide bonds. The number of carbonyl (C=O) groups excluding carboxylic acids is 2. The van der Waals surface area contributed by atoms with Crippen LogP contribution in [-0.4, -0.2) is 49.7 Å². The highest BCUT2D eigenvalue weighted by Gasteiger charge is 2.42. The standard InChI is InChI=1S/C20H18N6O2/c1-10(2)17(20(28)25-8-11(7-21)9-25)26-18-16(23-24-26)12-5-6-22-14-4-3-13(15(12)14)19(18)27/h3,5-6,10-11,17H,4,8-9H2,1-2H3. The molecule has 2 aromatic heterocycles. The Morgan fingerprint density at radius 1 is 1.36 bits per heavy atom. The first kappa shape index (κ1) is 16.8. The van der Waals surface area contributed by atoms with Gasteiger partial charge in [-0.25, -0.2) is 4.68 Å². The van der Waals surface area contributed by atoms with Crippen molar-refractivity contribution in [3.8, 4) is 17.3 Å². The monoisotopic (exact) mass is 374 g/mol. The molecule has 0 N–H and O–H groups in total. The summed E-state index contributed by atoms with van der Waals surface area (Å²) in [5, 5.41) is 17.5. The van der Waals surface area contributed by atoms with E-state index < -0.39 is 6.04 Å². The molecule has 8 heteroatoms. The van der Waals surface area contributed by atoms with Crippen LogP contribution >= 0.6 is 0 Å². The van der Waals surface area contributed by atoms with Gasteiger partial charge in [0.25, 0.3) is 0 Å². The van der Waals surface area contributed by atoms with Crippen LogP contribution in [0, 0.1) is 23.2 Å². The van der Waals surface area contributed by atoms with E-state index in [-0.39, 0.29) is 23.5 Å². The zero-order valence-electron chi connectivity index (χ0n) is 15.6. The van der Waals surface area contributed by atoms with Crippen LogP contribution in [0.5, 0.6) is 0 Å². The number of rotatable bonds is 3. The average Bonchev–Trinajstić information content (AvgIpc) is 3.24. The largest absolute Gasteiger partial charge is 0.338 e. The molecule has 2 aromatic rings. The zero-order valence-corrected chi connectivity index (χ0v) is 15.6. The first-order valence-electron chi connectivity index (χ1n) is 9.38. The van der Waals surface area contributed by atoms with Crippen LogP contribution in [0.15, 0.2) is 18.3 Å². The van der Waals surface area contributed by atoms with E-state index in [1.165, 1.54) is 4.68 Å². The highest BCUT2D eigenvalue weighted by molar-refractivity contribution is 6.34. The molecule has 1 saturated heterocycles. The van der Waals surface area contributed by atoms with Crippen molar-refractivity contribution in [2.45, 2.75) is 26.3 Å². The highest BCUT2D eigenvalue weighted by atomic mass is 16.2. The van der Waals surface area contributed by atoms with Crippen LogP contribution in [0.3, 0.4) is 0 Å². The van der Waals surface area contributed by atoms with Crippen LogP contribution in [0.2, 0.25) is 0 Å². The molecule has 0 bridgehead atoms. The molecule has 2 aliphatic carbocycles. The zero-order chi connectivity index (χ0) is 19.6. The molecular weight excluding hydrogens is 356 g/mol. The minimum Gasteiger partial charge on any atom is -0.338 e. The van der Waals surface area contributed by atoms with Crippen molar-refractivity contribution in [1.29, 1.82) is 5.26 Å². The van der Waals surface area contributed by atoms with Crippen LogP contribution in [0.25, 0.3) is 16.8 Å². The Kier molecular flexibility index (Phi) is 3.50. The number of nitriles is 1. The summed E-state index contributed by atoms with van der Waals surface area (Å²) in [6.45, 7) is 4.70. The van der Waals surface area contributed by atoms with Crippen molar-refractivity contribution in [3.63, 3.8) is 0 Å². The third kappa shape index (κ3) is 2.13.